The first-order valence-electron chi connectivity index (χ1n) is 4.48. The average Bonchev–Trinajstić information content (AvgIpc) is 2.59. The molecule has 2 N–H and O–H groups in total. The fourth-order valence-corrected chi connectivity index (χ4v) is 1.00. The summed E-state index contributed by atoms with van der Waals surface area (Å²) in [6.45, 7) is 1.68. The Morgan fingerprint density at radius 1 is 1.60 bits per heavy atom. The smallest absolute Gasteiger partial charge is 0.303 e. The Morgan fingerprint density at radius 2 is 2.33 bits per heavy atom. The van der Waals surface area contributed by atoms with Crippen molar-refractivity contribution >= 4 is 11.9 Å². The molecule has 0 bridgehead atoms. The van der Waals surface area contributed by atoms with Gasteiger partial charge in [-0.2, -0.15) is 0 Å². The van der Waals surface area contributed by atoms with Crippen molar-refractivity contribution < 1.29 is 19.2 Å². The highest BCUT2D eigenvalue weighted by Crippen LogP contribution is 2.05. The van der Waals surface area contributed by atoms with Gasteiger partial charge in [-0.3, -0.25) is 9.59 Å². The molecule has 1 aromatic heterocycles. The van der Waals surface area contributed by atoms with E-state index in [9.17, 15) is 9.59 Å². The number of nitrogens with one attached hydrogen (secondary N) is 1. The van der Waals surface area contributed by atoms with Crippen LogP contribution in [0.25, 0.3) is 0 Å². The number of carboxylic acids is 1. The van der Waals surface area contributed by atoms with Gasteiger partial charge in [-0.25, -0.2) is 0 Å². The van der Waals surface area contributed by atoms with E-state index in [1.54, 1.807) is 6.07 Å². The molecule has 15 heavy (non-hydrogen) atoms. The van der Waals surface area contributed by atoms with E-state index in [1.165, 1.54) is 6.92 Å². The molecule has 1 amide bonds. The summed E-state index contributed by atoms with van der Waals surface area (Å²) in [5.74, 6) is -0.509. The number of hydrogen-bond donors (Lipinski definition) is 2. The van der Waals surface area contributed by atoms with Crippen LogP contribution in [0, 0.1) is 0 Å². The SMILES string of the molecule is CC(=O)NCc1cc(CCC(=O)O)no1. The quantitative estimate of drug-likeness (QED) is 0.733. The predicted molar refractivity (Wildman–Crippen MR) is 50.0 cm³/mol. The fraction of sp³-hybridized carbons (Fsp3) is 0.444. The second-order valence-electron chi connectivity index (χ2n) is 3.09. The normalized spacial score (nSPS) is 9.93. The third kappa shape index (κ3) is 4.26. The van der Waals surface area contributed by atoms with E-state index in [-0.39, 0.29) is 18.9 Å². The summed E-state index contributed by atoms with van der Waals surface area (Å²) in [5, 5.41) is 14.7. The van der Waals surface area contributed by atoms with Crippen molar-refractivity contribution in [1.82, 2.24) is 10.5 Å². The van der Waals surface area contributed by atoms with Crippen molar-refractivity contribution in [2.24, 2.45) is 0 Å². The monoisotopic (exact) mass is 212 g/mol. The summed E-state index contributed by atoms with van der Waals surface area (Å²) in [5.41, 5.74) is 0.581. The van der Waals surface area contributed by atoms with E-state index in [0.717, 1.165) is 0 Å². The number of nitrogens with zero attached hydrogens (tertiary/aromatic N) is 1. The highest BCUT2D eigenvalue weighted by molar-refractivity contribution is 5.72. The second-order valence-corrected chi connectivity index (χ2v) is 3.09. The Bertz CT molecular complexity index is 326. The molecule has 0 aromatic carbocycles. The predicted octanol–water partition coefficient (Wildman–Crippen LogP) is 0.328. The molecule has 0 saturated heterocycles. The molecular formula is C9H12N2O4. The lowest BCUT2D eigenvalue weighted by Crippen LogP contribution is -2.18. The largest absolute Gasteiger partial charge is 0.481 e. The van der Waals surface area contributed by atoms with Crippen molar-refractivity contribution in [1.29, 1.82) is 0 Å². The molecule has 82 valence electrons. The zero-order chi connectivity index (χ0) is 11.3. The topological polar surface area (TPSA) is 92.4 Å². The molecule has 0 spiro atoms. The van der Waals surface area contributed by atoms with E-state index in [1.807, 2.05) is 0 Å². The van der Waals surface area contributed by atoms with E-state index in [4.69, 9.17) is 9.63 Å². The van der Waals surface area contributed by atoms with Crippen LogP contribution in [0.4, 0.5) is 0 Å². The summed E-state index contributed by atoms with van der Waals surface area (Å²) in [4.78, 5) is 20.9. The van der Waals surface area contributed by atoms with E-state index in [2.05, 4.69) is 10.5 Å². The van der Waals surface area contributed by atoms with E-state index in [0.29, 0.717) is 17.9 Å². The minimum Gasteiger partial charge on any atom is -0.481 e. The molecule has 0 aliphatic heterocycles. The van der Waals surface area contributed by atoms with Gasteiger partial charge in [0.05, 0.1) is 18.7 Å². The molecule has 0 aliphatic rings. The number of hydrogen-bond acceptors (Lipinski definition) is 4. The van der Waals surface area contributed by atoms with Gasteiger partial charge in [0, 0.05) is 19.4 Å². The third-order valence-electron chi connectivity index (χ3n) is 1.71. The first-order chi connectivity index (χ1) is 7.08. The molecule has 1 aromatic rings. The maximum absolute atomic E-state index is 10.6. The summed E-state index contributed by atoms with van der Waals surface area (Å²) < 4.78 is 4.89. The number of amides is 1. The molecule has 0 atom stereocenters. The molecule has 6 nitrogen and oxygen atoms in total. The van der Waals surface area contributed by atoms with Crippen molar-refractivity contribution in [3.63, 3.8) is 0 Å². The van der Waals surface area contributed by atoms with Crippen LogP contribution in [0.5, 0.6) is 0 Å². The van der Waals surface area contributed by atoms with Crippen molar-refractivity contribution in [2.45, 2.75) is 26.3 Å². The molecule has 1 heterocycles. The standard InChI is InChI=1S/C9H12N2O4/c1-6(12)10-5-8-4-7(11-15-8)2-3-9(13)14/h4H,2-3,5H2,1H3,(H,10,12)(H,13,14). The van der Waals surface area contributed by atoms with Gasteiger partial charge in [0.2, 0.25) is 5.91 Å². The Kier molecular flexibility index (Phi) is 3.84. The lowest BCUT2D eigenvalue weighted by atomic mass is 10.2. The zero-order valence-corrected chi connectivity index (χ0v) is 8.32. The Hall–Kier alpha value is -1.85. The van der Waals surface area contributed by atoms with E-state index < -0.39 is 5.97 Å². The molecule has 1 rings (SSSR count). The summed E-state index contributed by atoms with van der Waals surface area (Å²) >= 11 is 0. The molecule has 0 aliphatic carbocycles. The van der Waals surface area contributed by atoms with E-state index >= 15 is 0 Å². The van der Waals surface area contributed by atoms with Gasteiger partial charge in [-0.05, 0) is 0 Å². The van der Waals surface area contributed by atoms with Gasteiger partial charge in [0.15, 0.2) is 5.76 Å². The van der Waals surface area contributed by atoms with Crippen molar-refractivity contribution in [3.05, 3.63) is 17.5 Å². The van der Waals surface area contributed by atoms with Crippen LogP contribution in [0.1, 0.15) is 24.8 Å². The summed E-state index contributed by atoms with van der Waals surface area (Å²) in [6.07, 6.45) is 0.352. The van der Waals surface area contributed by atoms with Crippen LogP contribution in [0.2, 0.25) is 0 Å². The highest BCUT2D eigenvalue weighted by Gasteiger charge is 2.06. The molecular weight excluding hydrogens is 200 g/mol. The van der Waals surface area contributed by atoms with Crippen LogP contribution < -0.4 is 5.32 Å². The van der Waals surface area contributed by atoms with Crippen LogP contribution in [0.15, 0.2) is 10.6 Å². The van der Waals surface area contributed by atoms with Crippen molar-refractivity contribution in [2.75, 3.05) is 0 Å². The fourth-order valence-electron chi connectivity index (χ4n) is 1.00. The van der Waals surface area contributed by atoms with Gasteiger partial charge >= 0.3 is 5.97 Å². The lowest BCUT2D eigenvalue weighted by molar-refractivity contribution is -0.137. The van der Waals surface area contributed by atoms with Crippen molar-refractivity contribution in [3.8, 4) is 0 Å². The highest BCUT2D eigenvalue weighted by atomic mass is 16.5. The molecule has 6 heteroatoms. The minimum absolute atomic E-state index is 0.0200. The minimum atomic E-state index is -0.874. The van der Waals surface area contributed by atoms with Gasteiger partial charge in [0.1, 0.15) is 0 Å². The maximum atomic E-state index is 10.6. The number of aryl methyl sites for hydroxylation is 1. The van der Waals surface area contributed by atoms with Crippen LogP contribution in [-0.2, 0) is 22.6 Å². The maximum Gasteiger partial charge on any atom is 0.303 e. The van der Waals surface area contributed by atoms with Crippen LogP contribution >= 0.6 is 0 Å². The Labute approximate surface area is 86.3 Å². The number of carboxylic acid groups (broad SMARTS) is 1. The number of rotatable bonds is 5. The zero-order valence-electron chi connectivity index (χ0n) is 8.32. The average molecular weight is 212 g/mol. The first kappa shape index (κ1) is 11.2. The molecule has 0 saturated carbocycles. The van der Waals surface area contributed by atoms with Crippen LogP contribution in [-0.4, -0.2) is 22.1 Å². The van der Waals surface area contributed by atoms with Gasteiger partial charge < -0.3 is 14.9 Å². The lowest BCUT2D eigenvalue weighted by Gasteiger charge is -1.94. The third-order valence-corrected chi connectivity index (χ3v) is 1.71. The number of carbonyl (C=O) groups is 2. The van der Waals surface area contributed by atoms with Gasteiger partial charge in [0.25, 0.3) is 0 Å². The Balaban J connectivity index is 2.41. The summed E-state index contributed by atoms with van der Waals surface area (Å²) in [6, 6.07) is 1.64. The Morgan fingerprint density at radius 3 is 2.93 bits per heavy atom. The number of aliphatic carboxylic acids is 1. The molecule has 0 fully saturated rings. The number of carbonyl (C=O) groups excluding carboxylic acids is 1. The molecule has 0 radical (unpaired) electrons. The second kappa shape index (κ2) is 5.14. The van der Waals surface area contributed by atoms with Gasteiger partial charge in [-0.1, -0.05) is 5.16 Å². The van der Waals surface area contributed by atoms with Gasteiger partial charge in [-0.15, -0.1) is 0 Å². The first-order valence-corrected chi connectivity index (χ1v) is 4.48. The molecule has 0 unspecified atom stereocenters. The summed E-state index contributed by atoms with van der Waals surface area (Å²) in [7, 11) is 0. The van der Waals surface area contributed by atoms with Crippen LogP contribution in [0.3, 0.4) is 0 Å². The number of aromatic nitrogens is 1.